The quantitative estimate of drug-likeness (QED) is 0.798. The Balaban J connectivity index is 1.34. The summed E-state index contributed by atoms with van der Waals surface area (Å²) in [5.74, 6) is 1.49. The first-order valence-corrected chi connectivity index (χ1v) is 9.84. The fourth-order valence-electron chi connectivity index (χ4n) is 3.74. The molecule has 2 aromatic rings. The second kappa shape index (κ2) is 8.09. The Morgan fingerprint density at radius 3 is 2.65 bits per heavy atom. The molecule has 0 unspecified atom stereocenters. The smallest absolute Gasteiger partial charge is 0.228 e. The minimum atomic E-state index is 0.442. The summed E-state index contributed by atoms with van der Waals surface area (Å²) in [6.45, 7) is 9.12. The van der Waals surface area contributed by atoms with Crippen LogP contribution in [0.5, 0.6) is 0 Å². The number of nitrogens with zero attached hydrogens (tertiary/aromatic N) is 3. The molecule has 1 aromatic carbocycles. The lowest BCUT2D eigenvalue weighted by Crippen LogP contribution is -2.48. The van der Waals surface area contributed by atoms with Crippen molar-refractivity contribution in [3.8, 4) is 11.5 Å². The van der Waals surface area contributed by atoms with Gasteiger partial charge in [-0.3, -0.25) is 9.80 Å². The number of piperazine rings is 1. The molecule has 5 nitrogen and oxygen atoms in total. The first-order valence-electron chi connectivity index (χ1n) is 9.46. The van der Waals surface area contributed by atoms with E-state index in [1.807, 2.05) is 31.2 Å². The molecule has 2 fully saturated rings. The number of rotatable bonds is 5. The monoisotopic (exact) mass is 375 g/mol. The maximum absolute atomic E-state index is 6.27. The molecule has 6 heteroatoms. The number of aromatic nitrogens is 1. The number of hydrogen-bond donors (Lipinski definition) is 0. The Labute approximate surface area is 159 Å². The van der Waals surface area contributed by atoms with E-state index in [0.717, 1.165) is 62.9 Å². The van der Waals surface area contributed by atoms with Gasteiger partial charge >= 0.3 is 0 Å². The van der Waals surface area contributed by atoms with E-state index in [1.54, 1.807) is 0 Å². The zero-order chi connectivity index (χ0) is 17.9. The molecule has 4 rings (SSSR count). The number of hydrogen-bond acceptors (Lipinski definition) is 5. The molecular weight excluding hydrogens is 350 g/mol. The summed E-state index contributed by atoms with van der Waals surface area (Å²) < 4.78 is 11.6. The highest BCUT2D eigenvalue weighted by Gasteiger charge is 2.24. The van der Waals surface area contributed by atoms with Crippen LogP contribution in [0.4, 0.5) is 0 Å². The van der Waals surface area contributed by atoms with Crippen molar-refractivity contribution in [2.45, 2.75) is 32.4 Å². The topological polar surface area (TPSA) is 41.7 Å². The van der Waals surface area contributed by atoms with Crippen LogP contribution < -0.4 is 0 Å². The molecule has 3 heterocycles. The maximum Gasteiger partial charge on any atom is 0.228 e. The number of halogens is 1. The van der Waals surface area contributed by atoms with Gasteiger partial charge in [-0.25, -0.2) is 4.98 Å². The van der Waals surface area contributed by atoms with Crippen LogP contribution in [0.3, 0.4) is 0 Å². The van der Waals surface area contributed by atoms with Crippen molar-refractivity contribution in [1.82, 2.24) is 14.8 Å². The van der Waals surface area contributed by atoms with Gasteiger partial charge in [0.1, 0.15) is 5.76 Å². The van der Waals surface area contributed by atoms with E-state index >= 15 is 0 Å². The van der Waals surface area contributed by atoms with Gasteiger partial charge in [-0.2, -0.15) is 0 Å². The molecule has 0 aliphatic carbocycles. The van der Waals surface area contributed by atoms with Gasteiger partial charge in [-0.05, 0) is 31.9 Å². The lowest BCUT2D eigenvalue weighted by Gasteiger charge is -2.35. The predicted molar refractivity (Wildman–Crippen MR) is 102 cm³/mol. The van der Waals surface area contributed by atoms with Gasteiger partial charge in [0.25, 0.3) is 0 Å². The summed E-state index contributed by atoms with van der Waals surface area (Å²) in [4.78, 5) is 9.69. The minimum absolute atomic E-state index is 0.442. The van der Waals surface area contributed by atoms with Crippen molar-refractivity contribution in [1.29, 1.82) is 0 Å². The standard InChI is InChI=1S/C20H26ClN3O2/c1-15-19(22-20(26-15)17-6-2-3-7-18(17)21)14-24-10-8-23(9-11-24)13-16-5-4-12-25-16/h2-3,6-7,16H,4-5,8-14H2,1H3/t16-/m0/s1. The Morgan fingerprint density at radius 1 is 1.15 bits per heavy atom. The normalized spacial score (nSPS) is 22.2. The summed E-state index contributed by atoms with van der Waals surface area (Å²) in [7, 11) is 0. The summed E-state index contributed by atoms with van der Waals surface area (Å²) in [6, 6.07) is 7.68. The molecule has 1 atom stereocenters. The molecule has 2 aliphatic rings. The van der Waals surface area contributed by atoms with Crippen LogP contribution >= 0.6 is 11.6 Å². The van der Waals surface area contributed by atoms with Crippen LogP contribution in [0, 0.1) is 6.92 Å². The van der Waals surface area contributed by atoms with E-state index in [0.29, 0.717) is 17.0 Å². The van der Waals surface area contributed by atoms with Crippen LogP contribution in [0.15, 0.2) is 28.7 Å². The fourth-order valence-corrected chi connectivity index (χ4v) is 3.96. The van der Waals surface area contributed by atoms with Gasteiger partial charge in [0.2, 0.25) is 5.89 Å². The third-order valence-corrected chi connectivity index (χ3v) is 5.65. The highest BCUT2D eigenvalue weighted by atomic mass is 35.5. The van der Waals surface area contributed by atoms with Gasteiger partial charge in [-0.1, -0.05) is 23.7 Å². The molecule has 0 amide bonds. The number of ether oxygens (including phenoxy) is 1. The largest absolute Gasteiger partial charge is 0.441 e. The summed E-state index contributed by atoms with van der Waals surface area (Å²) in [6.07, 6.45) is 2.87. The van der Waals surface area contributed by atoms with Crippen LogP contribution in [0.1, 0.15) is 24.3 Å². The van der Waals surface area contributed by atoms with Crippen molar-refractivity contribution in [2.75, 3.05) is 39.3 Å². The van der Waals surface area contributed by atoms with Gasteiger partial charge in [0.05, 0.1) is 22.4 Å². The van der Waals surface area contributed by atoms with Crippen molar-refractivity contribution in [3.63, 3.8) is 0 Å². The third kappa shape index (κ3) is 4.12. The zero-order valence-electron chi connectivity index (χ0n) is 15.3. The van der Waals surface area contributed by atoms with Crippen molar-refractivity contribution in [2.24, 2.45) is 0 Å². The van der Waals surface area contributed by atoms with Crippen molar-refractivity contribution in [3.05, 3.63) is 40.7 Å². The van der Waals surface area contributed by atoms with Crippen LogP contribution in [-0.4, -0.2) is 60.2 Å². The molecule has 0 radical (unpaired) electrons. The first-order chi connectivity index (χ1) is 12.7. The number of benzene rings is 1. The molecule has 140 valence electrons. The van der Waals surface area contributed by atoms with E-state index in [-0.39, 0.29) is 0 Å². The van der Waals surface area contributed by atoms with E-state index in [2.05, 4.69) is 9.80 Å². The third-order valence-electron chi connectivity index (χ3n) is 5.32. The molecule has 0 saturated carbocycles. The second-order valence-electron chi connectivity index (χ2n) is 7.21. The van der Waals surface area contributed by atoms with Gasteiger partial charge < -0.3 is 9.15 Å². The molecule has 2 aliphatic heterocycles. The second-order valence-corrected chi connectivity index (χ2v) is 7.62. The van der Waals surface area contributed by atoms with E-state index in [1.165, 1.54) is 12.8 Å². The molecule has 0 N–H and O–H groups in total. The molecule has 0 spiro atoms. The summed E-state index contributed by atoms with van der Waals surface area (Å²) in [5.41, 5.74) is 1.86. The number of oxazole rings is 1. The van der Waals surface area contributed by atoms with Gasteiger partial charge in [0, 0.05) is 45.9 Å². The molecule has 1 aromatic heterocycles. The highest BCUT2D eigenvalue weighted by molar-refractivity contribution is 6.33. The SMILES string of the molecule is Cc1oc(-c2ccccc2Cl)nc1CN1CCN(C[C@@H]2CCCO2)CC1. The Kier molecular flexibility index (Phi) is 5.60. The highest BCUT2D eigenvalue weighted by Crippen LogP contribution is 2.28. The molecule has 2 saturated heterocycles. The zero-order valence-corrected chi connectivity index (χ0v) is 16.0. The first kappa shape index (κ1) is 18.0. The lowest BCUT2D eigenvalue weighted by molar-refractivity contribution is 0.0486. The minimum Gasteiger partial charge on any atom is -0.441 e. The van der Waals surface area contributed by atoms with E-state index in [9.17, 15) is 0 Å². The van der Waals surface area contributed by atoms with Gasteiger partial charge in [-0.15, -0.1) is 0 Å². The summed E-state index contributed by atoms with van der Waals surface area (Å²) >= 11 is 6.27. The number of aryl methyl sites for hydroxylation is 1. The molecule has 0 bridgehead atoms. The van der Waals surface area contributed by atoms with E-state index < -0.39 is 0 Å². The lowest BCUT2D eigenvalue weighted by atomic mass is 10.2. The Hall–Kier alpha value is -1.40. The van der Waals surface area contributed by atoms with Crippen LogP contribution in [0.2, 0.25) is 5.02 Å². The van der Waals surface area contributed by atoms with Crippen LogP contribution in [0.25, 0.3) is 11.5 Å². The fraction of sp³-hybridized carbons (Fsp3) is 0.550. The average molecular weight is 376 g/mol. The average Bonchev–Trinajstić information content (AvgIpc) is 3.27. The Morgan fingerprint density at radius 2 is 1.92 bits per heavy atom. The van der Waals surface area contributed by atoms with Crippen molar-refractivity contribution >= 4 is 11.6 Å². The van der Waals surface area contributed by atoms with Gasteiger partial charge in [0.15, 0.2) is 0 Å². The Bertz CT molecular complexity index is 734. The molecular formula is C20H26ClN3O2. The molecule has 26 heavy (non-hydrogen) atoms. The summed E-state index contributed by atoms with van der Waals surface area (Å²) in [5, 5.41) is 0.669. The van der Waals surface area contributed by atoms with Crippen LogP contribution in [-0.2, 0) is 11.3 Å². The van der Waals surface area contributed by atoms with Crippen molar-refractivity contribution < 1.29 is 9.15 Å². The predicted octanol–water partition coefficient (Wildman–Crippen LogP) is 3.60. The van der Waals surface area contributed by atoms with E-state index in [4.69, 9.17) is 25.7 Å². The maximum atomic E-state index is 6.27.